The minimum absolute atomic E-state index is 0.0484. The van der Waals surface area contributed by atoms with Gasteiger partial charge < -0.3 is 5.11 Å². The number of rotatable bonds is 1. The predicted octanol–water partition coefficient (Wildman–Crippen LogP) is 2.28. The molecule has 1 aromatic heterocycles. The Labute approximate surface area is 86.7 Å². The Bertz CT molecular complexity index is 559. The Hall–Kier alpha value is -2.05. The van der Waals surface area contributed by atoms with Crippen LogP contribution in [0, 0.1) is 0 Å². The van der Waals surface area contributed by atoms with Crippen LogP contribution in [-0.4, -0.2) is 21.3 Å². The molecule has 16 heavy (non-hydrogen) atoms. The zero-order valence-corrected chi connectivity index (χ0v) is 7.67. The number of carboxylic acids is 1. The van der Waals surface area contributed by atoms with Crippen LogP contribution in [0.3, 0.4) is 0 Å². The average Bonchev–Trinajstić information content (AvgIpc) is 2.58. The zero-order chi connectivity index (χ0) is 11.9. The molecule has 0 bridgehead atoms. The molecule has 84 valence electrons. The zero-order valence-electron chi connectivity index (χ0n) is 7.67. The molecule has 2 N–H and O–H groups in total. The molecule has 0 unspecified atom stereocenters. The second-order valence-corrected chi connectivity index (χ2v) is 3.10. The highest BCUT2D eigenvalue weighted by Crippen LogP contribution is 2.35. The van der Waals surface area contributed by atoms with Gasteiger partial charge in [-0.05, 0) is 12.1 Å². The Morgan fingerprint density at radius 2 is 2.06 bits per heavy atom. The number of nitrogens with zero attached hydrogens (tertiary/aromatic N) is 1. The van der Waals surface area contributed by atoms with E-state index in [-0.39, 0.29) is 5.52 Å². The van der Waals surface area contributed by atoms with Crippen LogP contribution in [0.1, 0.15) is 16.1 Å². The Balaban J connectivity index is 2.84. The van der Waals surface area contributed by atoms with E-state index in [1.807, 2.05) is 0 Å². The summed E-state index contributed by atoms with van der Waals surface area (Å²) >= 11 is 0. The molecule has 1 heterocycles. The molecule has 0 saturated heterocycles. The van der Waals surface area contributed by atoms with Crippen LogP contribution in [-0.2, 0) is 6.18 Å². The predicted molar refractivity (Wildman–Crippen MR) is 48.1 cm³/mol. The number of alkyl halides is 3. The fourth-order valence-electron chi connectivity index (χ4n) is 1.46. The summed E-state index contributed by atoms with van der Waals surface area (Å²) in [5.74, 6) is -1.50. The fourth-order valence-corrected chi connectivity index (χ4v) is 1.46. The van der Waals surface area contributed by atoms with Gasteiger partial charge >= 0.3 is 12.1 Å². The Kier molecular flexibility index (Phi) is 2.11. The Morgan fingerprint density at radius 3 is 2.62 bits per heavy atom. The van der Waals surface area contributed by atoms with Crippen molar-refractivity contribution in [2.24, 2.45) is 0 Å². The summed E-state index contributed by atoms with van der Waals surface area (Å²) < 4.78 is 37.8. The van der Waals surface area contributed by atoms with E-state index in [4.69, 9.17) is 5.11 Å². The van der Waals surface area contributed by atoms with Crippen LogP contribution >= 0.6 is 0 Å². The average molecular weight is 230 g/mol. The number of nitrogens with one attached hydrogen (secondary N) is 1. The van der Waals surface area contributed by atoms with E-state index in [0.717, 1.165) is 6.07 Å². The summed E-state index contributed by atoms with van der Waals surface area (Å²) in [5, 5.41) is 13.9. The molecule has 0 aliphatic heterocycles. The third kappa shape index (κ3) is 1.50. The van der Waals surface area contributed by atoms with E-state index in [2.05, 4.69) is 10.2 Å². The number of aromatic carboxylic acids is 1. The molecule has 0 saturated carbocycles. The van der Waals surface area contributed by atoms with Gasteiger partial charge in [0.1, 0.15) is 0 Å². The van der Waals surface area contributed by atoms with E-state index in [1.165, 1.54) is 12.1 Å². The number of fused-ring (bicyclic) bond motifs is 1. The highest BCUT2D eigenvalue weighted by atomic mass is 19.4. The van der Waals surface area contributed by atoms with Crippen molar-refractivity contribution in [2.45, 2.75) is 6.18 Å². The third-order valence-corrected chi connectivity index (χ3v) is 2.10. The summed E-state index contributed by atoms with van der Waals surface area (Å²) in [7, 11) is 0. The summed E-state index contributed by atoms with van der Waals surface area (Å²) in [6.07, 6.45) is -4.60. The highest BCUT2D eigenvalue weighted by molar-refractivity contribution is 6.02. The molecule has 4 nitrogen and oxygen atoms in total. The first-order chi connectivity index (χ1) is 7.41. The van der Waals surface area contributed by atoms with Gasteiger partial charge in [-0.15, -0.1) is 0 Å². The molecule has 0 aliphatic rings. The number of hydrogen-bond donors (Lipinski definition) is 2. The second kappa shape index (κ2) is 3.22. The van der Waals surface area contributed by atoms with E-state index in [0.29, 0.717) is 0 Å². The lowest BCUT2D eigenvalue weighted by atomic mass is 10.1. The second-order valence-electron chi connectivity index (χ2n) is 3.10. The number of halogens is 3. The summed E-state index contributed by atoms with van der Waals surface area (Å²) in [6.45, 7) is 0. The van der Waals surface area contributed by atoms with Gasteiger partial charge in [0.05, 0.1) is 11.1 Å². The first kappa shape index (κ1) is 10.5. The minimum Gasteiger partial charge on any atom is -0.476 e. The molecular formula is C9H5F3N2O2. The molecule has 7 heteroatoms. The number of H-pyrrole nitrogens is 1. The minimum atomic E-state index is -4.60. The maximum Gasteiger partial charge on any atom is 0.417 e. The van der Waals surface area contributed by atoms with Crippen molar-refractivity contribution >= 4 is 16.9 Å². The largest absolute Gasteiger partial charge is 0.476 e. The highest BCUT2D eigenvalue weighted by Gasteiger charge is 2.34. The first-order valence-electron chi connectivity index (χ1n) is 4.19. The van der Waals surface area contributed by atoms with E-state index >= 15 is 0 Å². The van der Waals surface area contributed by atoms with Crippen LogP contribution in [0.15, 0.2) is 18.2 Å². The number of aromatic amines is 1. The molecule has 0 atom stereocenters. The van der Waals surface area contributed by atoms with Crippen molar-refractivity contribution in [1.29, 1.82) is 0 Å². The van der Waals surface area contributed by atoms with Crippen molar-refractivity contribution in [2.75, 3.05) is 0 Å². The molecule has 0 radical (unpaired) electrons. The number of carbonyl (C=O) groups is 1. The van der Waals surface area contributed by atoms with Crippen LogP contribution in [0.2, 0.25) is 0 Å². The van der Waals surface area contributed by atoms with Crippen molar-refractivity contribution < 1.29 is 23.1 Å². The van der Waals surface area contributed by atoms with Crippen molar-refractivity contribution in [3.63, 3.8) is 0 Å². The number of carboxylic acid groups (broad SMARTS) is 1. The molecule has 1 aromatic carbocycles. The molecule has 2 aromatic rings. The van der Waals surface area contributed by atoms with Gasteiger partial charge in [0.25, 0.3) is 0 Å². The van der Waals surface area contributed by atoms with E-state index < -0.39 is 28.8 Å². The van der Waals surface area contributed by atoms with E-state index in [9.17, 15) is 18.0 Å². The van der Waals surface area contributed by atoms with Crippen LogP contribution in [0.5, 0.6) is 0 Å². The smallest absolute Gasteiger partial charge is 0.417 e. The maximum atomic E-state index is 12.6. The lowest BCUT2D eigenvalue weighted by Crippen LogP contribution is -2.07. The standard InChI is InChI=1S/C9H5F3N2O2/c10-9(11,12)4-2-1-3-5-6(4)7(8(15)16)14-13-5/h1-3H,(H,13,14)(H,15,16). The molecular weight excluding hydrogens is 225 g/mol. The Morgan fingerprint density at radius 1 is 1.38 bits per heavy atom. The summed E-state index contributed by atoms with van der Waals surface area (Å²) in [5.41, 5.74) is -1.58. The lowest BCUT2D eigenvalue weighted by molar-refractivity contribution is -0.136. The topological polar surface area (TPSA) is 66.0 Å². The number of benzene rings is 1. The molecule has 0 spiro atoms. The van der Waals surface area contributed by atoms with Gasteiger partial charge in [-0.25, -0.2) is 4.79 Å². The molecule has 0 fully saturated rings. The summed E-state index contributed by atoms with van der Waals surface area (Å²) in [6, 6.07) is 3.35. The van der Waals surface area contributed by atoms with Crippen molar-refractivity contribution in [3.8, 4) is 0 Å². The van der Waals surface area contributed by atoms with Crippen LogP contribution in [0.25, 0.3) is 10.9 Å². The van der Waals surface area contributed by atoms with E-state index in [1.54, 1.807) is 0 Å². The monoisotopic (exact) mass is 230 g/mol. The van der Waals surface area contributed by atoms with Crippen LogP contribution < -0.4 is 0 Å². The van der Waals surface area contributed by atoms with Gasteiger partial charge in [0.15, 0.2) is 5.69 Å². The van der Waals surface area contributed by atoms with Gasteiger partial charge in [-0.1, -0.05) is 6.07 Å². The summed E-state index contributed by atoms with van der Waals surface area (Å²) in [4.78, 5) is 10.7. The quantitative estimate of drug-likeness (QED) is 0.789. The fraction of sp³-hybridized carbons (Fsp3) is 0.111. The maximum absolute atomic E-state index is 12.6. The van der Waals surface area contributed by atoms with Gasteiger partial charge in [-0.3, -0.25) is 5.10 Å². The van der Waals surface area contributed by atoms with Crippen molar-refractivity contribution in [3.05, 3.63) is 29.5 Å². The first-order valence-corrected chi connectivity index (χ1v) is 4.19. The van der Waals surface area contributed by atoms with Gasteiger partial charge in [-0.2, -0.15) is 18.3 Å². The van der Waals surface area contributed by atoms with Crippen molar-refractivity contribution in [1.82, 2.24) is 10.2 Å². The SMILES string of the molecule is O=C(O)c1n[nH]c2cccc(C(F)(F)F)c12. The van der Waals surface area contributed by atoms with Gasteiger partial charge in [0, 0.05) is 5.39 Å². The number of hydrogen-bond acceptors (Lipinski definition) is 2. The number of aromatic nitrogens is 2. The third-order valence-electron chi connectivity index (χ3n) is 2.10. The molecule has 0 amide bonds. The van der Waals surface area contributed by atoms with Crippen LogP contribution in [0.4, 0.5) is 13.2 Å². The lowest BCUT2D eigenvalue weighted by Gasteiger charge is -2.07. The van der Waals surface area contributed by atoms with Gasteiger partial charge in [0.2, 0.25) is 0 Å². The molecule has 0 aliphatic carbocycles. The molecule has 2 rings (SSSR count). The normalized spacial score (nSPS) is 11.9.